The lowest BCUT2D eigenvalue weighted by molar-refractivity contribution is -0.142. The molecule has 28 heavy (non-hydrogen) atoms. The van der Waals surface area contributed by atoms with Crippen LogP contribution in [0, 0.1) is 5.92 Å². The number of nitrogens with zero attached hydrogens (tertiary/aromatic N) is 4. The molecule has 0 saturated carbocycles. The van der Waals surface area contributed by atoms with Crippen molar-refractivity contribution in [2.75, 3.05) is 23.5 Å². The lowest BCUT2D eigenvalue weighted by Crippen LogP contribution is -2.48. The highest BCUT2D eigenvalue weighted by Crippen LogP contribution is 2.43. The number of hydrogen-bond acceptors (Lipinski definition) is 6. The smallest absolute Gasteiger partial charge is 0.433 e. The van der Waals surface area contributed by atoms with E-state index in [-0.39, 0.29) is 36.0 Å². The molecule has 0 spiro atoms. The SMILES string of the molecule is COC(=O)CC1CC2CCC(C1)N2c1cc(C(F)(F)F)nc(N2CCC2C)n1. The van der Waals surface area contributed by atoms with Gasteiger partial charge in [0.05, 0.1) is 7.11 Å². The fourth-order valence-corrected chi connectivity index (χ4v) is 4.79. The molecule has 3 aliphatic heterocycles. The molecule has 3 saturated heterocycles. The van der Waals surface area contributed by atoms with Crippen LogP contribution >= 0.6 is 0 Å². The van der Waals surface area contributed by atoms with Gasteiger partial charge in [-0.3, -0.25) is 4.79 Å². The second kappa shape index (κ2) is 7.08. The third-order valence-electron chi connectivity index (χ3n) is 6.35. The number of esters is 1. The maximum Gasteiger partial charge on any atom is 0.433 e. The highest BCUT2D eigenvalue weighted by atomic mass is 19.4. The molecule has 3 unspecified atom stereocenters. The molecule has 6 nitrogen and oxygen atoms in total. The summed E-state index contributed by atoms with van der Waals surface area (Å²) in [7, 11) is 1.38. The van der Waals surface area contributed by atoms with Gasteiger partial charge in [-0.25, -0.2) is 4.98 Å². The van der Waals surface area contributed by atoms with Crippen LogP contribution in [-0.4, -0.2) is 47.7 Å². The number of piperidine rings is 1. The number of fused-ring (bicyclic) bond motifs is 2. The van der Waals surface area contributed by atoms with Gasteiger partial charge >= 0.3 is 12.1 Å². The van der Waals surface area contributed by atoms with E-state index in [0.29, 0.717) is 18.8 Å². The number of ether oxygens (including phenoxy) is 1. The number of hydrogen-bond donors (Lipinski definition) is 0. The number of carbonyl (C=O) groups is 1. The van der Waals surface area contributed by atoms with Crippen molar-refractivity contribution in [2.45, 2.75) is 69.8 Å². The number of alkyl halides is 3. The van der Waals surface area contributed by atoms with E-state index in [2.05, 4.69) is 9.97 Å². The molecule has 154 valence electrons. The van der Waals surface area contributed by atoms with Crippen molar-refractivity contribution in [3.8, 4) is 0 Å². The Hall–Kier alpha value is -2.06. The van der Waals surface area contributed by atoms with E-state index < -0.39 is 11.9 Å². The van der Waals surface area contributed by atoms with Crippen LogP contribution in [-0.2, 0) is 15.7 Å². The van der Waals surface area contributed by atoms with Crippen LogP contribution in [0.15, 0.2) is 6.07 Å². The highest BCUT2D eigenvalue weighted by molar-refractivity contribution is 5.69. The molecule has 0 aliphatic carbocycles. The Bertz CT molecular complexity index is 743. The molecule has 3 fully saturated rings. The maximum absolute atomic E-state index is 13.5. The number of halogens is 3. The topological polar surface area (TPSA) is 58.6 Å². The van der Waals surface area contributed by atoms with Gasteiger partial charge in [0.1, 0.15) is 5.82 Å². The Morgan fingerprint density at radius 3 is 2.39 bits per heavy atom. The van der Waals surface area contributed by atoms with E-state index in [0.717, 1.165) is 38.2 Å². The van der Waals surface area contributed by atoms with Crippen molar-refractivity contribution in [1.82, 2.24) is 9.97 Å². The molecule has 3 atom stereocenters. The molecule has 0 aromatic carbocycles. The average Bonchev–Trinajstić information content (AvgIpc) is 2.90. The summed E-state index contributed by atoms with van der Waals surface area (Å²) in [4.78, 5) is 23.8. The van der Waals surface area contributed by atoms with Crippen molar-refractivity contribution < 1.29 is 22.7 Å². The molecule has 4 heterocycles. The first-order valence-corrected chi connectivity index (χ1v) is 9.84. The first-order valence-electron chi connectivity index (χ1n) is 9.84. The van der Waals surface area contributed by atoms with E-state index in [9.17, 15) is 18.0 Å². The number of methoxy groups -OCH3 is 1. The lowest BCUT2D eigenvalue weighted by atomic mass is 9.88. The van der Waals surface area contributed by atoms with Gasteiger partial charge in [0.25, 0.3) is 0 Å². The minimum atomic E-state index is -4.51. The minimum Gasteiger partial charge on any atom is -0.469 e. The summed E-state index contributed by atoms with van der Waals surface area (Å²) in [6, 6.07) is 1.44. The summed E-state index contributed by atoms with van der Waals surface area (Å²) in [6.45, 7) is 2.64. The Morgan fingerprint density at radius 1 is 1.21 bits per heavy atom. The molecule has 2 bridgehead atoms. The van der Waals surface area contributed by atoms with Gasteiger partial charge in [-0.2, -0.15) is 18.2 Å². The number of carbonyl (C=O) groups excluding carboxylic acids is 1. The van der Waals surface area contributed by atoms with E-state index >= 15 is 0 Å². The first kappa shape index (κ1) is 19.3. The van der Waals surface area contributed by atoms with Crippen molar-refractivity contribution in [3.05, 3.63) is 11.8 Å². The molecular formula is C19H25F3N4O2. The molecule has 9 heteroatoms. The van der Waals surface area contributed by atoms with Gasteiger partial charge in [0.2, 0.25) is 5.95 Å². The predicted octanol–water partition coefficient (Wildman–Crippen LogP) is 3.40. The lowest BCUT2D eigenvalue weighted by Gasteiger charge is -2.42. The van der Waals surface area contributed by atoms with Crippen molar-refractivity contribution in [2.24, 2.45) is 5.92 Å². The summed E-state index contributed by atoms with van der Waals surface area (Å²) >= 11 is 0. The highest BCUT2D eigenvalue weighted by Gasteiger charge is 2.44. The number of aromatic nitrogens is 2. The van der Waals surface area contributed by atoms with Crippen LogP contribution in [0.25, 0.3) is 0 Å². The van der Waals surface area contributed by atoms with Crippen molar-refractivity contribution in [3.63, 3.8) is 0 Å². The zero-order chi connectivity index (χ0) is 20.1. The molecule has 0 N–H and O–H groups in total. The van der Waals surface area contributed by atoms with Gasteiger partial charge in [0, 0.05) is 37.2 Å². The summed E-state index contributed by atoms with van der Waals surface area (Å²) < 4.78 is 45.2. The van der Waals surface area contributed by atoms with Gasteiger partial charge in [-0.15, -0.1) is 0 Å². The van der Waals surface area contributed by atoms with E-state index in [1.165, 1.54) is 7.11 Å². The monoisotopic (exact) mass is 398 g/mol. The van der Waals surface area contributed by atoms with E-state index in [1.54, 1.807) is 0 Å². The maximum atomic E-state index is 13.5. The normalized spacial score (nSPS) is 29.6. The molecular weight excluding hydrogens is 373 g/mol. The second-order valence-electron chi connectivity index (χ2n) is 8.15. The zero-order valence-corrected chi connectivity index (χ0v) is 16.1. The number of rotatable bonds is 4. The summed E-state index contributed by atoms with van der Waals surface area (Å²) in [6.07, 6.45) is 0.137. The fourth-order valence-electron chi connectivity index (χ4n) is 4.79. The molecule has 4 rings (SSSR count). The summed E-state index contributed by atoms with van der Waals surface area (Å²) in [5.74, 6) is 0.508. The summed E-state index contributed by atoms with van der Waals surface area (Å²) in [5, 5.41) is 0. The zero-order valence-electron chi connectivity index (χ0n) is 16.1. The van der Waals surface area contributed by atoms with Crippen molar-refractivity contribution in [1.29, 1.82) is 0 Å². The van der Waals surface area contributed by atoms with E-state index in [1.807, 2.05) is 16.7 Å². The quantitative estimate of drug-likeness (QED) is 0.725. The number of anilines is 2. The molecule has 0 radical (unpaired) electrons. The van der Waals surface area contributed by atoms with Crippen LogP contribution < -0.4 is 9.80 Å². The Morgan fingerprint density at radius 2 is 1.89 bits per heavy atom. The van der Waals surface area contributed by atoms with Crippen LogP contribution in [0.4, 0.5) is 24.9 Å². The van der Waals surface area contributed by atoms with Gasteiger partial charge in [0.15, 0.2) is 5.69 Å². The minimum absolute atomic E-state index is 0.103. The third-order valence-corrected chi connectivity index (χ3v) is 6.35. The van der Waals surface area contributed by atoms with Crippen LogP contribution in [0.3, 0.4) is 0 Å². The molecule has 0 amide bonds. The standard InChI is InChI=1S/C19H25F3N4O2/c1-11-5-6-25(11)18-23-15(19(20,21)22)10-16(24-18)26-13-3-4-14(26)8-12(7-13)9-17(27)28-2/h10-14H,3-9H2,1-2H3. The Kier molecular flexibility index (Phi) is 4.87. The summed E-state index contributed by atoms with van der Waals surface area (Å²) in [5.41, 5.74) is -0.886. The van der Waals surface area contributed by atoms with Gasteiger partial charge in [-0.05, 0) is 44.9 Å². The molecule has 3 aliphatic rings. The predicted molar refractivity (Wildman–Crippen MR) is 97.1 cm³/mol. The van der Waals surface area contributed by atoms with Gasteiger partial charge < -0.3 is 14.5 Å². The fraction of sp³-hybridized carbons (Fsp3) is 0.737. The van der Waals surface area contributed by atoms with Crippen molar-refractivity contribution >= 4 is 17.7 Å². The van der Waals surface area contributed by atoms with E-state index in [4.69, 9.17) is 4.74 Å². The molecule has 1 aromatic heterocycles. The largest absolute Gasteiger partial charge is 0.469 e. The van der Waals surface area contributed by atoms with Crippen LogP contribution in [0.5, 0.6) is 0 Å². The first-order chi connectivity index (χ1) is 13.3. The van der Waals surface area contributed by atoms with Crippen LogP contribution in [0.1, 0.15) is 51.1 Å². The third kappa shape index (κ3) is 3.51. The average molecular weight is 398 g/mol. The Balaban J connectivity index is 1.62. The molecule has 1 aromatic rings. The van der Waals surface area contributed by atoms with Gasteiger partial charge in [-0.1, -0.05) is 0 Å². The second-order valence-corrected chi connectivity index (χ2v) is 8.15. The Labute approximate surface area is 162 Å². The van der Waals surface area contributed by atoms with Crippen LogP contribution in [0.2, 0.25) is 0 Å².